The summed E-state index contributed by atoms with van der Waals surface area (Å²) in [5, 5.41) is 0. The van der Waals surface area contributed by atoms with E-state index in [1.807, 2.05) is 0 Å². The van der Waals surface area contributed by atoms with Crippen LogP contribution in [0.2, 0.25) is 0 Å². The molecular weight excluding hydrogens is 649 g/mol. The first-order chi connectivity index (χ1) is 26.0. The molecule has 0 bridgehead atoms. The van der Waals surface area contributed by atoms with E-state index in [2.05, 4.69) is 211 Å². The lowest BCUT2D eigenvalue weighted by molar-refractivity contribution is 0.590. The molecule has 0 aliphatic heterocycles. The molecule has 0 saturated carbocycles. The van der Waals surface area contributed by atoms with Crippen LogP contribution in [0.5, 0.6) is 0 Å². The van der Waals surface area contributed by atoms with E-state index in [-0.39, 0.29) is 10.8 Å². The van der Waals surface area contributed by atoms with Crippen LogP contribution in [0.4, 0.5) is 0 Å². The molecule has 2 aliphatic rings. The topological polar surface area (TPSA) is 0 Å². The van der Waals surface area contributed by atoms with Crippen molar-refractivity contribution in [3.63, 3.8) is 0 Å². The third-order valence-corrected chi connectivity index (χ3v) is 11.3. The van der Waals surface area contributed by atoms with Crippen molar-refractivity contribution >= 4 is 23.3 Å². The third-order valence-electron chi connectivity index (χ3n) is 11.3. The Hall–Kier alpha value is -5.98. The van der Waals surface area contributed by atoms with Gasteiger partial charge in [-0.15, -0.1) is 0 Å². The van der Waals surface area contributed by atoms with Crippen LogP contribution in [0.3, 0.4) is 0 Å². The lowest BCUT2D eigenvalue weighted by Crippen LogP contribution is -2.10. The van der Waals surface area contributed by atoms with Crippen LogP contribution < -0.4 is 0 Å². The summed E-state index contributed by atoms with van der Waals surface area (Å²) >= 11 is 0. The average Bonchev–Trinajstić information content (AvgIpc) is 3.64. The number of hydrogen-bond donors (Lipinski definition) is 0. The van der Waals surface area contributed by atoms with Crippen molar-refractivity contribution < 1.29 is 0 Å². The largest absolute Gasteiger partial charge is 0.0622 e. The van der Waals surface area contributed by atoms with E-state index in [1.54, 1.807) is 0 Å². The van der Waals surface area contributed by atoms with Crippen LogP contribution in [0.25, 0.3) is 67.8 Å². The Morgan fingerprint density at radius 2 is 0.630 bits per heavy atom. The van der Waals surface area contributed by atoms with Crippen molar-refractivity contribution in [2.45, 2.75) is 52.4 Å². The molecular formula is C54H46. The standard InChI is InChI=1S/C54H46/c1-53(2,3)41-23-17-37(18-24-41)39-21-27-43-47(31-39)45(29-35-13-9-7-10-14-35)51-34-50-44-28-22-40(38-19-25-42(26-20-38)54(4,5)6)32-48(44)46(52(50)33-49(43)51)30-36-15-11-8-12-16-36/h7-34H,1-6H3. The summed E-state index contributed by atoms with van der Waals surface area (Å²) in [6.45, 7) is 13.6. The van der Waals surface area contributed by atoms with Gasteiger partial charge in [-0.3, -0.25) is 0 Å². The maximum Gasteiger partial charge on any atom is -0.00921 e. The average molecular weight is 695 g/mol. The highest BCUT2D eigenvalue weighted by atomic mass is 14.3. The molecule has 0 unspecified atom stereocenters. The molecule has 0 spiro atoms. The lowest BCUT2D eigenvalue weighted by Gasteiger charge is -2.19. The van der Waals surface area contributed by atoms with Gasteiger partial charge in [0.15, 0.2) is 0 Å². The van der Waals surface area contributed by atoms with Crippen molar-refractivity contribution in [3.05, 3.63) is 202 Å². The molecule has 54 heavy (non-hydrogen) atoms. The summed E-state index contributed by atoms with van der Waals surface area (Å²) in [5.74, 6) is 0. The molecule has 262 valence electrons. The fourth-order valence-corrected chi connectivity index (χ4v) is 8.21. The van der Waals surface area contributed by atoms with Gasteiger partial charge in [-0.25, -0.2) is 0 Å². The van der Waals surface area contributed by atoms with Crippen LogP contribution >= 0.6 is 0 Å². The Kier molecular flexibility index (Phi) is 8.05. The van der Waals surface area contributed by atoms with Gasteiger partial charge in [-0.1, -0.05) is 175 Å². The van der Waals surface area contributed by atoms with Crippen LogP contribution in [-0.4, -0.2) is 0 Å². The first-order valence-electron chi connectivity index (χ1n) is 19.2. The minimum Gasteiger partial charge on any atom is -0.0622 e. The maximum absolute atomic E-state index is 2.47. The Balaban J connectivity index is 1.21. The van der Waals surface area contributed by atoms with Gasteiger partial charge in [0.05, 0.1) is 0 Å². The van der Waals surface area contributed by atoms with E-state index in [0.29, 0.717) is 0 Å². The fraction of sp³-hybridized carbons (Fsp3) is 0.148. The smallest absolute Gasteiger partial charge is 0.00921 e. The van der Waals surface area contributed by atoms with Crippen molar-refractivity contribution in [1.29, 1.82) is 0 Å². The lowest BCUT2D eigenvalue weighted by atomic mass is 9.86. The molecule has 0 nitrogen and oxygen atoms in total. The first kappa shape index (κ1) is 33.8. The van der Waals surface area contributed by atoms with Gasteiger partial charge in [-0.2, -0.15) is 0 Å². The van der Waals surface area contributed by atoms with Gasteiger partial charge in [0.25, 0.3) is 0 Å². The van der Waals surface area contributed by atoms with E-state index < -0.39 is 0 Å². The molecule has 0 N–H and O–H groups in total. The van der Waals surface area contributed by atoms with Crippen molar-refractivity contribution in [2.75, 3.05) is 0 Å². The molecule has 7 aromatic rings. The van der Waals surface area contributed by atoms with Crippen LogP contribution in [0.1, 0.15) is 86.1 Å². The summed E-state index contributed by atoms with van der Waals surface area (Å²) in [6.07, 6.45) is 4.76. The molecule has 0 heterocycles. The maximum atomic E-state index is 2.47. The van der Waals surface area contributed by atoms with Gasteiger partial charge in [-0.05, 0) is 147 Å². The summed E-state index contributed by atoms with van der Waals surface area (Å²) in [7, 11) is 0. The predicted molar refractivity (Wildman–Crippen MR) is 232 cm³/mol. The highest BCUT2D eigenvalue weighted by Crippen LogP contribution is 2.54. The second-order valence-corrected chi connectivity index (χ2v) is 17.1. The Labute approximate surface area is 321 Å². The number of fused-ring (bicyclic) bond motifs is 6. The molecule has 0 atom stereocenters. The number of hydrogen-bond acceptors (Lipinski definition) is 0. The van der Waals surface area contributed by atoms with E-state index in [4.69, 9.17) is 0 Å². The molecule has 0 heteroatoms. The Morgan fingerprint density at radius 1 is 0.296 bits per heavy atom. The van der Waals surface area contributed by atoms with Gasteiger partial charge in [0, 0.05) is 0 Å². The van der Waals surface area contributed by atoms with E-state index >= 15 is 0 Å². The minimum atomic E-state index is 0.121. The van der Waals surface area contributed by atoms with Crippen LogP contribution in [-0.2, 0) is 10.8 Å². The van der Waals surface area contributed by atoms with Gasteiger partial charge >= 0.3 is 0 Å². The SMILES string of the molecule is CC(C)(C)c1ccc(-c2ccc3c(c2)C(=Cc2ccccc2)c2cc4c(cc2-3)C(=Cc2ccccc2)c2cc(-c3ccc(C(C)(C)C)cc3)ccc2-4)cc1. The second-order valence-electron chi connectivity index (χ2n) is 17.1. The van der Waals surface area contributed by atoms with E-state index in [1.165, 1.54) is 100 Å². The summed E-state index contributed by atoms with van der Waals surface area (Å²) in [5.41, 5.74) is 23.2. The van der Waals surface area contributed by atoms with E-state index in [0.717, 1.165) is 0 Å². The number of benzene rings is 7. The molecule has 7 aromatic carbocycles. The molecule has 0 amide bonds. The fourth-order valence-electron chi connectivity index (χ4n) is 8.21. The Morgan fingerprint density at radius 3 is 0.981 bits per heavy atom. The second kappa shape index (κ2) is 12.9. The minimum absolute atomic E-state index is 0.121. The highest BCUT2D eigenvalue weighted by molar-refractivity contribution is 6.13. The van der Waals surface area contributed by atoms with Gasteiger partial charge in [0.1, 0.15) is 0 Å². The predicted octanol–water partition coefficient (Wildman–Crippen LogP) is 14.8. The monoisotopic (exact) mass is 694 g/mol. The zero-order valence-corrected chi connectivity index (χ0v) is 32.2. The molecule has 0 fully saturated rings. The highest BCUT2D eigenvalue weighted by Gasteiger charge is 2.31. The summed E-state index contributed by atoms with van der Waals surface area (Å²) in [4.78, 5) is 0. The van der Waals surface area contributed by atoms with Crippen molar-refractivity contribution in [2.24, 2.45) is 0 Å². The molecule has 0 saturated heterocycles. The molecule has 0 aromatic heterocycles. The zero-order chi connectivity index (χ0) is 37.2. The molecule has 0 radical (unpaired) electrons. The quantitative estimate of drug-likeness (QED) is 0.172. The van der Waals surface area contributed by atoms with Crippen LogP contribution in [0, 0.1) is 0 Å². The molecule has 9 rings (SSSR count). The number of rotatable bonds is 4. The van der Waals surface area contributed by atoms with Gasteiger partial charge in [0.2, 0.25) is 0 Å². The van der Waals surface area contributed by atoms with Crippen molar-refractivity contribution in [1.82, 2.24) is 0 Å². The van der Waals surface area contributed by atoms with E-state index in [9.17, 15) is 0 Å². The van der Waals surface area contributed by atoms with Gasteiger partial charge < -0.3 is 0 Å². The third kappa shape index (κ3) is 6.06. The van der Waals surface area contributed by atoms with Crippen LogP contribution in [0.15, 0.2) is 158 Å². The first-order valence-corrected chi connectivity index (χ1v) is 19.2. The molecule has 2 aliphatic carbocycles. The van der Waals surface area contributed by atoms with Crippen molar-refractivity contribution in [3.8, 4) is 44.5 Å². The summed E-state index contributed by atoms with van der Waals surface area (Å²) < 4.78 is 0. The Bertz CT molecular complexity index is 2410. The normalized spacial score (nSPS) is 14.6. The summed E-state index contributed by atoms with van der Waals surface area (Å²) in [6, 6.07) is 58.9. The zero-order valence-electron chi connectivity index (χ0n) is 32.2.